The van der Waals surface area contributed by atoms with E-state index >= 15 is 0 Å². The lowest BCUT2D eigenvalue weighted by atomic mass is 10.2. The molecule has 2 rings (SSSR count). The summed E-state index contributed by atoms with van der Waals surface area (Å²) < 4.78 is 0. The normalized spacial score (nSPS) is 10.3. The molecule has 0 aliphatic rings. The van der Waals surface area contributed by atoms with E-state index in [0.29, 0.717) is 18.1 Å². The van der Waals surface area contributed by atoms with Gasteiger partial charge in [0.25, 0.3) is 5.91 Å². The highest BCUT2D eigenvalue weighted by Gasteiger charge is 2.18. The Hall–Kier alpha value is -2.63. The van der Waals surface area contributed by atoms with Crippen LogP contribution in [0.1, 0.15) is 28.3 Å². The van der Waals surface area contributed by atoms with Crippen LogP contribution >= 0.6 is 0 Å². The van der Waals surface area contributed by atoms with Crippen LogP contribution in [0, 0.1) is 6.92 Å². The van der Waals surface area contributed by atoms with Gasteiger partial charge in [0.15, 0.2) is 0 Å². The minimum absolute atomic E-state index is 0.0916. The standard InChI is InChI=1S/C15H17N3O3/c1-11-16-9-13(17-11)15(21)18(8-7-14(19)20)10-12-5-3-2-4-6-12/h2-6,9H,7-8,10H2,1H3,(H,16,17)(H,19,20). The molecule has 0 aliphatic heterocycles. The van der Waals surface area contributed by atoms with Crippen molar-refractivity contribution in [3.05, 3.63) is 53.6 Å². The number of hydrogen-bond acceptors (Lipinski definition) is 3. The molecule has 21 heavy (non-hydrogen) atoms. The lowest BCUT2D eigenvalue weighted by Crippen LogP contribution is -2.32. The van der Waals surface area contributed by atoms with E-state index in [1.54, 1.807) is 6.92 Å². The number of carbonyl (C=O) groups excluding carboxylic acids is 1. The van der Waals surface area contributed by atoms with Crippen LogP contribution in [0.5, 0.6) is 0 Å². The lowest BCUT2D eigenvalue weighted by Gasteiger charge is -2.21. The van der Waals surface area contributed by atoms with Gasteiger partial charge in [-0.15, -0.1) is 0 Å². The molecule has 1 amide bonds. The van der Waals surface area contributed by atoms with Crippen LogP contribution in [0.15, 0.2) is 36.5 Å². The van der Waals surface area contributed by atoms with Crippen molar-refractivity contribution in [1.82, 2.24) is 14.9 Å². The summed E-state index contributed by atoms with van der Waals surface area (Å²) in [7, 11) is 0. The molecule has 1 heterocycles. The molecule has 0 bridgehead atoms. The molecule has 1 aromatic heterocycles. The Labute approximate surface area is 122 Å². The third-order valence-corrected chi connectivity index (χ3v) is 3.03. The molecule has 0 spiro atoms. The van der Waals surface area contributed by atoms with Crippen LogP contribution in [0.25, 0.3) is 0 Å². The first-order valence-corrected chi connectivity index (χ1v) is 6.63. The second-order valence-corrected chi connectivity index (χ2v) is 4.74. The first-order valence-electron chi connectivity index (χ1n) is 6.63. The summed E-state index contributed by atoms with van der Waals surface area (Å²) in [5, 5.41) is 8.83. The minimum atomic E-state index is -0.929. The Balaban J connectivity index is 2.14. The molecule has 0 fully saturated rings. The van der Waals surface area contributed by atoms with E-state index in [0.717, 1.165) is 5.56 Å². The molecule has 110 valence electrons. The molecule has 6 heteroatoms. The number of hydrogen-bond donors (Lipinski definition) is 2. The first-order chi connectivity index (χ1) is 10.1. The van der Waals surface area contributed by atoms with Gasteiger partial charge in [-0.05, 0) is 12.5 Å². The van der Waals surface area contributed by atoms with Gasteiger partial charge in [-0.25, -0.2) is 4.98 Å². The van der Waals surface area contributed by atoms with Gasteiger partial charge in [-0.3, -0.25) is 9.59 Å². The van der Waals surface area contributed by atoms with Crippen molar-refractivity contribution >= 4 is 11.9 Å². The van der Waals surface area contributed by atoms with Crippen LogP contribution in [0.3, 0.4) is 0 Å². The fourth-order valence-corrected chi connectivity index (χ4v) is 1.99. The summed E-state index contributed by atoms with van der Waals surface area (Å²) >= 11 is 0. The van der Waals surface area contributed by atoms with Crippen molar-refractivity contribution in [1.29, 1.82) is 0 Å². The van der Waals surface area contributed by atoms with Crippen molar-refractivity contribution < 1.29 is 14.7 Å². The summed E-state index contributed by atoms with van der Waals surface area (Å²) in [5.74, 6) is -0.529. The molecule has 1 aromatic carbocycles. The number of imidazole rings is 1. The number of nitrogens with one attached hydrogen (secondary N) is 1. The zero-order chi connectivity index (χ0) is 15.2. The minimum Gasteiger partial charge on any atom is -0.481 e. The maximum Gasteiger partial charge on any atom is 0.305 e. The van der Waals surface area contributed by atoms with Gasteiger partial charge in [-0.2, -0.15) is 0 Å². The Morgan fingerprint density at radius 1 is 1.29 bits per heavy atom. The number of rotatable bonds is 6. The van der Waals surface area contributed by atoms with Crippen LogP contribution in [-0.4, -0.2) is 38.4 Å². The SMILES string of the molecule is Cc1ncc(C(=O)N(CCC(=O)O)Cc2ccccc2)[nH]1. The van der Waals surface area contributed by atoms with Crippen molar-refractivity contribution in [3.8, 4) is 0 Å². The van der Waals surface area contributed by atoms with E-state index in [1.807, 2.05) is 30.3 Å². The van der Waals surface area contributed by atoms with E-state index in [2.05, 4.69) is 9.97 Å². The number of aliphatic carboxylic acids is 1. The number of carbonyl (C=O) groups is 2. The third-order valence-electron chi connectivity index (χ3n) is 3.03. The molecule has 0 aliphatic carbocycles. The molecular formula is C15H17N3O3. The van der Waals surface area contributed by atoms with E-state index in [4.69, 9.17) is 5.11 Å². The summed E-state index contributed by atoms with van der Waals surface area (Å²) in [6.45, 7) is 2.28. The molecule has 0 radical (unpaired) electrons. The zero-order valence-electron chi connectivity index (χ0n) is 11.7. The van der Waals surface area contributed by atoms with E-state index in [9.17, 15) is 9.59 Å². The van der Waals surface area contributed by atoms with E-state index in [-0.39, 0.29) is 18.9 Å². The zero-order valence-corrected chi connectivity index (χ0v) is 11.7. The number of carboxylic acids is 1. The Bertz CT molecular complexity index is 622. The van der Waals surface area contributed by atoms with Gasteiger partial charge in [0.1, 0.15) is 11.5 Å². The second-order valence-electron chi connectivity index (χ2n) is 4.74. The van der Waals surface area contributed by atoms with Gasteiger partial charge in [0.05, 0.1) is 12.6 Å². The maximum absolute atomic E-state index is 12.4. The highest BCUT2D eigenvalue weighted by molar-refractivity contribution is 5.92. The number of aryl methyl sites for hydroxylation is 1. The van der Waals surface area contributed by atoms with Crippen molar-refractivity contribution in [3.63, 3.8) is 0 Å². The van der Waals surface area contributed by atoms with Gasteiger partial charge in [0, 0.05) is 13.1 Å². The highest BCUT2D eigenvalue weighted by atomic mass is 16.4. The summed E-state index contributed by atoms with van der Waals surface area (Å²) in [4.78, 5) is 31.6. The molecule has 6 nitrogen and oxygen atoms in total. The number of aromatic amines is 1. The summed E-state index contributed by atoms with van der Waals surface area (Å²) in [6, 6.07) is 9.47. The third kappa shape index (κ3) is 4.17. The smallest absolute Gasteiger partial charge is 0.305 e. The summed E-state index contributed by atoms with van der Waals surface area (Å²) in [6.07, 6.45) is 1.38. The Kier molecular flexibility index (Phi) is 4.71. The quantitative estimate of drug-likeness (QED) is 0.848. The highest BCUT2D eigenvalue weighted by Crippen LogP contribution is 2.10. The monoisotopic (exact) mass is 287 g/mol. The van der Waals surface area contributed by atoms with Crippen molar-refractivity contribution in [2.45, 2.75) is 19.9 Å². The fraction of sp³-hybridized carbons (Fsp3) is 0.267. The van der Waals surface area contributed by atoms with Gasteiger partial charge < -0.3 is 15.0 Å². The number of H-pyrrole nitrogens is 1. The number of carboxylic acid groups (broad SMARTS) is 1. The number of amides is 1. The van der Waals surface area contributed by atoms with Crippen molar-refractivity contribution in [2.24, 2.45) is 0 Å². The Morgan fingerprint density at radius 2 is 2.00 bits per heavy atom. The largest absolute Gasteiger partial charge is 0.481 e. The van der Waals surface area contributed by atoms with Gasteiger partial charge >= 0.3 is 5.97 Å². The number of benzene rings is 1. The van der Waals surface area contributed by atoms with Crippen LogP contribution in [0.4, 0.5) is 0 Å². The molecule has 0 saturated carbocycles. The molecule has 0 atom stereocenters. The second kappa shape index (κ2) is 6.69. The molecule has 0 saturated heterocycles. The Morgan fingerprint density at radius 3 is 2.57 bits per heavy atom. The molecule has 0 unspecified atom stereocenters. The maximum atomic E-state index is 12.4. The van der Waals surface area contributed by atoms with Crippen LogP contribution in [0.2, 0.25) is 0 Å². The van der Waals surface area contributed by atoms with Crippen LogP contribution < -0.4 is 0 Å². The molecular weight excluding hydrogens is 270 g/mol. The lowest BCUT2D eigenvalue weighted by molar-refractivity contribution is -0.137. The predicted octanol–water partition coefficient (Wildman–Crippen LogP) is 1.84. The van der Waals surface area contributed by atoms with Crippen LogP contribution in [-0.2, 0) is 11.3 Å². The van der Waals surface area contributed by atoms with Gasteiger partial charge in [-0.1, -0.05) is 30.3 Å². The van der Waals surface area contributed by atoms with E-state index < -0.39 is 5.97 Å². The summed E-state index contributed by atoms with van der Waals surface area (Å²) in [5.41, 5.74) is 1.32. The van der Waals surface area contributed by atoms with Crippen molar-refractivity contribution in [2.75, 3.05) is 6.54 Å². The first kappa shape index (κ1) is 14.8. The number of aromatic nitrogens is 2. The van der Waals surface area contributed by atoms with Gasteiger partial charge in [0.2, 0.25) is 0 Å². The van der Waals surface area contributed by atoms with E-state index in [1.165, 1.54) is 11.1 Å². The average Bonchev–Trinajstić information content (AvgIpc) is 2.90. The predicted molar refractivity (Wildman–Crippen MR) is 76.8 cm³/mol. The molecule has 2 N–H and O–H groups in total. The number of nitrogens with zero attached hydrogens (tertiary/aromatic N) is 2. The molecule has 2 aromatic rings. The topological polar surface area (TPSA) is 86.3 Å². The fourth-order valence-electron chi connectivity index (χ4n) is 1.99. The average molecular weight is 287 g/mol.